The summed E-state index contributed by atoms with van der Waals surface area (Å²) in [6.45, 7) is 2.80. The van der Waals surface area contributed by atoms with Gasteiger partial charge >= 0.3 is 0 Å². The molecule has 2 rings (SSSR count). The Bertz CT molecular complexity index is 254. The van der Waals surface area contributed by atoms with E-state index >= 15 is 0 Å². The summed E-state index contributed by atoms with van der Waals surface area (Å²) in [4.78, 5) is 13.6. The molecule has 0 aromatic rings. The summed E-state index contributed by atoms with van der Waals surface area (Å²) in [5.41, 5.74) is 0. The van der Waals surface area contributed by atoms with Crippen molar-refractivity contribution in [2.45, 2.75) is 37.9 Å². The molecule has 0 aromatic heterocycles. The maximum absolute atomic E-state index is 11.7. The van der Waals surface area contributed by atoms with Gasteiger partial charge in [0.05, 0.1) is 5.25 Å². The van der Waals surface area contributed by atoms with Crippen molar-refractivity contribution in [2.24, 2.45) is 17.8 Å². The first-order chi connectivity index (χ1) is 7.08. The van der Waals surface area contributed by atoms with Crippen LogP contribution in [0.25, 0.3) is 0 Å². The maximum Gasteiger partial charge on any atom is 0.234 e. The Morgan fingerprint density at radius 3 is 2.67 bits per heavy atom. The van der Waals surface area contributed by atoms with Crippen LogP contribution in [-0.2, 0) is 4.79 Å². The Kier molecular flexibility index (Phi) is 3.29. The normalized spacial score (nSPS) is 35.5. The average Bonchev–Trinajstić information content (AvgIpc) is 2.77. The van der Waals surface area contributed by atoms with Crippen LogP contribution >= 0.6 is 12.6 Å². The summed E-state index contributed by atoms with van der Waals surface area (Å²) in [6.07, 6.45) is 5.60. The fraction of sp³-hybridized carbons (Fsp3) is 0.917. The molecule has 0 aromatic carbocycles. The minimum atomic E-state index is -0.159. The van der Waals surface area contributed by atoms with Gasteiger partial charge in [-0.2, -0.15) is 12.6 Å². The van der Waals surface area contributed by atoms with E-state index in [1.165, 1.54) is 25.7 Å². The van der Waals surface area contributed by atoms with Crippen molar-refractivity contribution in [3.8, 4) is 0 Å². The predicted octanol–water partition coefficient (Wildman–Crippen LogP) is 2.20. The molecule has 1 amide bonds. The molecule has 0 N–H and O–H groups in total. The summed E-state index contributed by atoms with van der Waals surface area (Å²) in [5.74, 6) is 2.81. The zero-order chi connectivity index (χ0) is 11.0. The number of hydrogen-bond acceptors (Lipinski definition) is 2. The van der Waals surface area contributed by atoms with Crippen molar-refractivity contribution in [3.63, 3.8) is 0 Å². The van der Waals surface area contributed by atoms with Gasteiger partial charge in [-0.1, -0.05) is 6.42 Å². The Morgan fingerprint density at radius 2 is 2.20 bits per heavy atom. The van der Waals surface area contributed by atoms with Gasteiger partial charge in [-0.05, 0) is 43.9 Å². The van der Waals surface area contributed by atoms with Gasteiger partial charge in [0.15, 0.2) is 0 Å². The molecule has 2 saturated carbocycles. The number of carbonyl (C=O) groups is 1. The van der Waals surface area contributed by atoms with Gasteiger partial charge in [-0.15, -0.1) is 0 Å². The molecule has 0 aliphatic heterocycles. The van der Waals surface area contributed by atoms with Gasteiger partial charge in [-0.25, -0.2) is 0 Å². The smallest absolute Gasteiger partial charge is 0.234 e. The maximum atomic E-state index is 11.7. The van der Waals surface area contributed by atoms with E-state index < -0.39 is 0 Å². The van der Waals surface area contributed by atoms with Crippen molar-refractivity contribution in [1.29, 1.82) is 0 Å². The Balaban J connectivity index is 1.84. The molecule has 2 fully saturated rings. The van der Waals surface area contributed by atoms with Crippen LogP contribution in [0, 0.1) is 17.8 Å². The second-order valence-electron chi connectivity index (χ2n) is 5.33. The molecular formula is C12H21NOS. The second kappa shape index (κ2) is 4.36. The number of amides is 1. The minimum Gasteiger partial charge on any atom is -0.345 e. The molecule has 2 nitrogen and oxygen atoms in total. The summed E-state index contributed by atoms with van der Waals surface area (Å²) in [6, 6.07) is 0. The van der Waals surface area contributed by atoms with Crippen LogP contribution in [0.15, 0.2) is 0 Å². The highest BCUT2D eigenvalue weighted by atomic mass is 32.1. The molecule has 2 aliphatic carbocycles. The van der Waals surface area contributed by atoms with Crippen molar-refractivity contribution in [3.05, 3.63) is 0 Å². The van der Waals surface area contributed by atoms with Crippen LogP contribution in [-0.4, -0.2) is 29.6 Å². The third-order valence-electron chi connectivity index (χ3n) is 4.13. The Morgan fingerprint density at radius 1 is 1.47 bits per heavy atom. The number of thiol groups is 1. The molecular weight excluding hydrogens is 206 g/mol. The zero-order valence-electron chi connectivity index (χ0n) is 9.65. The lowest BCUT2D eigenvalue weighted by molar-refractivity contribution is -0.129. The molecule has 0 spiro atoms. The highest BCUT2D eigenvalue weighted by molar-refractivity contribution is 7.81. The SMILES string of the molecule is CC(S)C(=O)N(C)CC1CC2CCC1C2. The molecule has 3 heteroatoms. The first kappa shape index (κ1) is 11.3. The Hall–Kier alpha value is -0.180. The van der Waals surface area contributed by atoms with E-state index in [0.29, 0.717) is 0 Å². The largest absolute Gasteiger partial charge is 0.345 e. The van der Waals surface area contributed by atoms with Crippen LogP contribution in [0.5, 0.6) is 0 Å². The number of carbonyl (C=O) groups excluding carboxylic acids is 1. The lowest BCUT2D eigenvalue weighted by Gasteiger charge is -2.28. The zero-order valence-corrected chi connectivity index (χ0v) is 10.5. The lowest BCUT2D eigenvalue weighted by atomic mass is 9.88. The van der Waals surface area contributed by atoms with Crippen LogP contribution in [0.4, 0.5) is 0 Å². The summed E-state index contributed by atoms with van der Waals surface area (Å²) in [5, 5.41) is -0.159. The average molecular weight is 227 g/mol. The van der Waals surface area contributed by atoms with Gasteiger partial charge < -0.3 is 4.90 Å². The minimum absolute atomic E-state index is 0.159. The molecule has 4 unspecified atom stereocenters. The highest BCUT2D eigenvalue weighted by Gasteiger charge is 2.40. The first-order valence-corrected chi connectivity index (χ1v) is 6.52. The van der Waals surface area contributed by atoms with Gasteiger partial charge in [0, 0.05) is 13.6 Å². The van der Waals surface area contributed by atoms with Crippen LogP contribution in [0.3, 0.4) is 0 Å². The van der Waals surface area contributed by atoms with Crippen molar-refractivity contribution >= 4 is 18.5 Å². The number of fused-ring (bicyclic) bond motifs is 2. The molecule has 0 saturated heterocycles. The summed E-state index contributed by atoms with van der Waals surface area (Å²) in [7, 11) is 1.92. The van der Waals surface area contributed by atoms with E-state index in [1.807, 2.05) is 18.9 Å². The quantitative estimate of drug-likeness (QED) is 0.733. The fourth-order valence-corrected chi connectivity index (χ4v) is 3.56. The highest BCUT2D eigenvalue weighted by Crippen LogP contribution is 2.48. The van der Waals surface area contributed by atoms with Crippen molar-refractivity contribution < 1.29 is 4.79 Å². The molecule has 2 bridgehead atoms. The number of rotatable bonds is 3. The van der Waals surface area contributed by atoms with Gasteiger partial charge in [0.25, 0.3) is 0 Å². The van der Waals surface area contributed by atoms with E-state index in [9.17, 15) is 4.79 Å². The first-order valence-electron chi connectivity index (χ1n) is 6.01. The molecule has 86 valence electrons. The monoisotopic (exact) mass is 227 g/mol. The van der Waals surface area contributed by atoms with Gasteiger partial charge in [0.2, 0.25) is 5.91 Å². The van der Waals surface area contributed by atoms with Crippen molar-refractivity contribution in [2.75, 3.05) is 13.6 Å². The molecule has 2 aliphatic rings. The standard InChI is InChI=1S/C12H21NOS/c1-8(15)12(14)13(2)7-11-6-9-3-4-10(11)5-9/h8-11,15H,3-7H2,1-2H3. The number of nitrogens with zero attached hydrogens (tertiary/aromatic N) is 1. The second-order valence-corrected chi connectivity index (χ2v) is 6.10. The van der Waals surface area contributed by atoms with Crippen LogP contribution in [0.1, 0.15) is 32.6 Å². The van der Waals surface area contributed by atoms with E-state index in [4.69, 9.17) is 0 Å². The molecule has 15 heavy (non-hydrogen) atoms. The molecule has 0 radical (unpaired) electrons. The van der Waals surface area contributed by atoms with Gasteiger partial charge in [0.1, 0.15) is 0 Å². The van der Waals surface area contributed by atoms with Gasteiger partial charge in [-0.3, -0.25) is 4.79 Å². The third kappa shape index (κ3) is 2.32. The van der Waals surface area contributed by atoms with E-state index in [2.05, 4.69) is 12.6 Å². The Labute approximate surface area is 97.8 Å². The van der Waals surface area contributed by atoms with E-state index in [0.717, 1.165) is 24.3 Å². The van der Waals surface area contributed by atoms with E-state index in [1.54, 1.807) is 0 Å². The molecule has 0 heterocycles. The fourth-order valence-electron chi connectivity index (χ4n) is 3.36. The summed E-state index contributed by atoms with van der Waals surface area (Å²) < 4.78 is 0. The summed E-state index contributed by atoms with van der Waals surface area (Å²) >= 11 is 4.19. The topological polar surface area (TPSA) is 20.3 Å². The molecule has 4 atom stereocenters. The number of hydrogen-bond donors (Lipinski definition) is 1. The van der Waals surface area contributed by atoms with Crippen LogP contribution < -0.4 is 0 Å². The van der Waals surface area contributed by atoms with Crippen LogP contribution in [0.2, 0.25) is 0 Å². The van der Waals surface area contributed by atoms with Crippen molar-refractivity contribution in [1.82, 2.24) is 4.90 Å². The predicted molar refractivity (Wildman–Crippen MR) is 65.0 cm³/mol. The van der Waals surface area contributed by atoms with E-state index in [-0.39, 0.29) is 11.2 Å². The third-order valence-corrected chi connectivity index (χ3v) is 4.35. The lowest BCUT2D eigenvalue weighted by Crippen LogP contribution is -2.37.